The molecular formula is C19H15F3O3S. The summed E-state index contributed by atoms with van der Waals surface area (Å²) < 4.78 is 64.1. The van der Waals surface area contributed by atoms with E-state index in [1.165, 1.54) is 12.2 Å². The second-order valence-corrected chi connectivity index (χ2v) is 7.37. The number of rotatable bonds is 4. The molecule has 0 saturated carbocycles. The molecule has 136 valence electrons. The van der Waals surface area contributed by atoms with Gasteiger partial charge < -0.3 is 4.18 Å². The van der Waals surface area contributed by atoms with Crippen molar-refractivity contribution in [3.8, 4) is 0 Å². The quantitative estimate of drug-likeness (QED) is 0.571. The van der Waals surface area contributed by atoms with Gasteiger partial charge in [-0.1, -0.05) is 66.7 Å². The van der Waals surface area contributed by atoms with Crippen LogP contribution < -0.4 is 0 Å². The number of benzene rings is 2. The fourth-order valence-electron chi connectivity index (χ4n) is 2.92. The number of hydrogen-bond donors (Lipinski definition) is 0. The standard InChI is InChI=1S/C19H15F3O3S/c20-19(21,22)26(23,24)25-17-11-13-18(14-12-17,15-7-3-1-4-8-15)16-9-5-2-6-10-16/h1-13H,14H2. The normalized spacial score (nSPS) is 16.8. The highest BCUT2D eigenvalue weighted by atomic mass is 32.2. The third-order valence-corrected chi connectivity index (χ3v) is 5.20. The van der Waals surface area contributed by atoms with Crippen molar-refractivity contribution in [3.05, 3.63) is 95.8 Å². The largest absolute Gasteiger partial charge is 0.534 e. The summed E-state index contributed by atoms with van der Waals surface area (Å²) in [4.78, 5) is 0. The SMILES string of the molecule is O=S(=O)(OC1=CCC(c2ccccc2)(c2ccccc2)C=C1)C(F)(F)F. The van der Waals surface area contributed by atoms with Crippen molar-refractivity contribution in [3.63, 3.8) is 0 Å². The van der Waals surface area contributed by atoms with Crippen LogP contribution in [-0.2, 0) is 19.7 Å². The zero-order valence-electron chi connectivity index (χ0n) is 13.5. The first-order valence-electron chi connectivity index (χ1n) is 7.76. The van der Waals surface area contributed by atoms with Crippen LogP contribution in [0.2, 0.25) is 0 Å². The van der Waals surface area contributed by atoms with Crippen molar-refractivity contribution in [2.24, 2.45) is 0 Å². The molecule has 1 aliphatic rings. The molecule has 0 saturated heterocycles. The van der Waals surface area contributed by atoms with Crippen LogP contribution in [0, 0.1) is 0 Å². The Hall–Kier alpha value is -2.54. The number of hydrogen-bond acceptors (Lipinski definition) is 3. The van der Waals surface area contributed by atoms with E-state index in [1.54, 1.807) is 6.08 Å². The molecule has 0 fully saturated rings. The van der Waals surface area contributed by atoms with E-state index in [0.29, 0.717) is 0 Å². The fourth-order valence-corrected chi connectivity index (χ4v) is 3.40. The molecule has 1 aliphatic carbocycles. The topological polar surface area (TPSA) is 43.4 Å². The highest BCUT2D eigenvalue weighted by Crippen LogP contribution is 2.41. The molecule has 7 heteroatoms. The molecule has 2 aromatic carbocycles. The van der Waals surface area contributed by atoms with Gasteiger partial charge in [0.15, 0.2) is 0 Å². The highest BCUT2D eigenvalue weighted by molar-refractivity contribution is 7.87. The van der Waals surface area contributed by atoms with Crippen LogP contribution in [0.25, 0.3) is 0 Å². The van der Waals surface area contributed by atoms with Crippen molar-refractivity contribution in [2.45, 2.75) is 17.3 Å². The van der Waals surface area contributed by atoms with Gasteiger partial charge in [0.2, 0.25) is 0 Å². The zero-order valence-corrected chi connectivity index (χ0v) is 14.3. The van der Waals surface area contributed by atoms with Crippen LogP contribution in [0.15, 0.2) is 84.7 Å². The average Bonchev–Trinajstić information content (AvgIpc) is 2.63. The lowest BCUT2D eigenvalue weighted by Crippen LogP contribution is -2.28. The Morgan fingerprint density at radius 2 is 1.38 bits per heavy atom. The maximum absolute atomic E-state index is 12.5. The minimum atomic E-state index is -5.68. The van der Waals surface area contributed by atoms with E-state index in [1.807, 2.05) is 60.7 Å². The molecule has 0 N–H and O–H groups in total. The fraction of sp³-hybridized carbons (Fsp3) is 0.158. The molecule has 0 bridgehead atoms. The van der Waals surface area contributed by atoms with Crippen LogP contribution in [0.4, 0.5) is 13.2 Å². The van der Waals surface area contributed by atoms with Gasteiger partial charge in [0.25, 0.3) is 0 Å². The van der Waals surface area contributed by atoms with Crippen molar-refractivity contribution >= 4 is 10.1 Å². The lowest BCUT2D eigenvalue weighted by Gasteiger charge is -2.33. The Kier molecular flexibility index (Phi) is 4.66. The summed E-state index contributed by atoms with van der Waals surface area (Å²) in [5, 5.41) is 0. The van der Waals surface area contributed by atoms with Gasteiger partial charge in [0.1, 0.15) is 5.76 Å². The van der Waals surface area contributed by atoms with E-state index in [4.69, 9.17) is 0 Å². The van der Waals surface area contributed by atoms with Crippen LogP contribution in [0.5, 0.6) is 0 Å². The molecule has 0 heterocycles. The second-order valence-electron chi connectivity index (χ2n) is 5.83. The first-order chi connectivity index (χ1) is 12.2. The Morgan fingerprint density at radius 1 is 0.885 bits per heavy atom. The molecule has 0 aromatic heterocycles. The summed E-state index contributed by atoms with van der Waals surface area (Å²) in [6.45, 7) is 0. The Bertz CT molecular complexity index is 891. The van der Waals surface area contributed by atoms with Crippen molar-refractivity contribution < 1.29 is 25.8 Å². The first-order valence-corrected chi connectivity index (χ1v) is 9.17. The summed E-state index contributed by atoms with van der Waals surface area (Å²) in [6.07, 6.45) is 4.58. The number of allylic oxidation sites excluding steroid dienone is 3. The molecule has 3 nitrogen and oxygen atoms in total. The van der Waals surface area contributed by atoms with Gasteiger partial charge in [-0.05, 0) is 29.7 Å². The van der Waals surface area contributed by atoms with E-state index in [9.17, 15) is 21.6 Å². The minimum absolute atomic E-state index is 0.264. The summed E-state index contributed by atoms with van der Waals surface area (Å²) in [7, 11) is -5.68. The molecule has 0 radical (unpaired) electrons. The third kappa shape index (κ3) is 3.39. The van der Waals surface area contributed by atoms with Gasteiger partial charge in [-0.3, -0.25) is 0 Å². The van der Waals surface area contributed by atoms with Gasteiger partial charge >= 0.3 is 15.6 Å². The predicted molar refractivity (Wildman–Crippen MR) is 91.6 cm³/mol. The maximum Gasteiger partial charge on any atom is 0.534 e. The molecule has 0 unspecified atom stereocenters. The van der Waals surface area contributed by atoms with Crippen molar-refractivity contribution in [1.29, 1.82) is 0 Å². The van der Waals surface area contributed by atoms with Crippen LogP contribution in [-0.4, -0.2) is 13.9 Å². The lowest BCUT2D eigenvalue weighted by atomic mass is 9.70. The minimum Gasteiger partial charge on any atom is -0.376 e. The lowest BCUT2D eigenvalue weighted by molar-refractivity contribution is -0.0520. The van der Waals surface area contributed by atoms with Gasteiger partial charge in [-0.2, -0.15) is 21.6 Å². The van der Waals surface area contributed by atoms with E-state index in [-0.39, 0.29) is 12.2 Å². The van der Waals surface area contributed by atoms with Crippen LogP contribution in [0.3, 0.4) is 0 Å². The Morgan fingerprint density at radius 3 is 1.77 bits per heavy atom. The van der Waals surface area contributed by atoms with E-state index < -0.39 is 21.0 Å². The molecule has 26 heavy (non-hydrogen) atoms. The molecule has 0 aliphatic heterocycles. The first kappa shape index (κ1) is 18.3. The number of halogens is 3. The van der Waals surface area contributed by atoms with E-state index in [2.05, 4.69) is 4.18 Å². The van der Waals surface area contributed by atoms with Crippen molar-refractivity contribution in [1.82, 2.24) is 0 Å². The van der Waals surface area contributed by atoms with Gasteiger partial charge in [-0.25, -0.2) is 0 Å². The smallest absolute Gasteiger partial charge is 0.376 e. The summed E-state index contributed by atoms with van der Waals surface area (Å²) >= 11 is 0. The van der Waals surface area contributed by atoms with Gasteiger partial charge in [0.05, 0.1) is 0 Å². The summed E-state index contributed by atoms with van der Waals surface area (Å²) in [5.41, 5.74) is -4.19. The van der Waals surface area contributed by atoms with Crippen LogP contribution in [0.1, 0.15) is 17.5 Å². The van der Waals surface area contributed by atoms with E-state index in [0.717, 1.165) is 11.1 Å². The summed E-state index contributed by atoms with van der Waals surface area (Å²) in [6, 6.07) is 18.9. The average molecular weight is 380 g/mol. The van der Waals surface area contributed by atoms with E-state index >= 15 is 0 Å². The number of alkyl halides is 3. The Labute approximate surface area is 149 Å². The second kappa shape index (κ2) is 6.64. The van der Waals surface area contributed by atoms with Gasteiger partial charge in [0, 0.05) is 5.41 Å². The molecule has 0 amide bonds. The molecular weight excluding hydrogens is 365 g/mol. The highest BCUT2D eigenvalue weighted by Gasteiger charge is 2.49. The zero-order chi connectivity index (χ0) is 18.8. The predicted octanol–water partition coefficient (Wildman–Crippen LogP) is 4.68. The van der Waals surface area contributed by atoms with Gasteiger partial charge in [-0.15, -0.1) is 0 Å². The Balaban J connectivity index is 1.97. The summed E-state index contributed by atoms with van der Waals surface area (Å²) in [5.74, 6) is -0.343. The monoisotopic (exact) mass is 380 g/mol. The molecule has 0 spiro atoms. The maximum atomic E-state index is 12.5. The third-order valence-electron chi connectivity index (χ3n) is 4.22. The molecule has 3 rings (SSSR count). The van der Waals surface area contributed by atoms with Crippen LogP contribution >= 0.6 is 0 Å². The molecule has 2 aromatic rings. The van der Waals surface area contributed by atoms with Crippen molar-refractivity contribution in [2.75, 3.05) is 0 Å². The molecule has 0 atom stereocenters.